The van der Waals surface area contributed by atoms with Crippen LogP contribution in [0.25, 0.3) is 21.6 Å². The molecule has 1 aliphatic carbocycles. The zero-order valence-corrected chi connectivity index (χ0v) is 16.7. The van der Waals surface area contributed by atoms with Gasteiger partial charge < -0.3 is 10.3 Å². The number of aromatic nitrogens is 4. The van der Waals surface area contributed by atoms with Gasteiger partial charge in [0.05, 0.1) is 17.3 Å². The number of hydrogen-bond acceptors (Lipinski definition) is 8. The molecule has 0 aromatic carbocycles. The second-order valence-corrected chi connectivity index (χ2v) is 8.76. The number of nitrogens with zero attached hydrogens (tertiary/aromatic N) is 4. The Morgan fingerprint density at radius 2 is 2.26 bits per heavy atom. The lowest BCUT2D eigenvalue weighted by atomic mass is 9.87. The van der Waals surface area contributed by atoms with Crippen LogP contribution >= 0.6 is 23.3 Å². The maximum Gasteiger partial charge on any atom is 0.151 e. The number of rotatable bonds is 8. The highest BCUT2D eigenvalue weighted by atomic mass is 32.2. The standard InChI is InChI=1S/C18H21N7S2/c1-11-23-24-18(27-11)15-10-21-17-14(4-6-20-17)16(15)22-12-8-13(9-12)25-26-7-3-2-5-19/h4,6,10,12-13,25H,2-3,7-9H2,1H3,(H2,20,21,22)/t12-,13+. The highest BCUT2D eigenvalue weighted by Gasteiger charge is 2.30. The van der Waals surface area contributed by atoms with Crippen LogP contribution in [-0.4, -0.2) is 38.0 Å². The Morgan fingerprint density at radius 3 is 3.04 bits per heavy atom. The molecule has 27 heavy (non-hydrogen) atoms. The predicted molar refractivity (Wildman–Crippen MR) is 111 cm³/mol. The first-order chi connectivity index (χ1) is 13.2. The number of unbranched alkanes of at least 4 members (excludes halogenated alkanes) is 1. The molecule has 0 saturated heterocycles. The van der Waals surface area contributed by atoms with E-state index in [4.69, 9.17) is 5.26 Å². The molecular weight excluding hydrogens is 378 g/mol. The van der Waals surface area contributed by atoms with Gasteiger partial charge in [0.25, 0.3) is 0 Å². The van der Waals surface area contributed by atoms with Gasteiger partial charge in [-0.25, -0.2) is 4.98 Å². The van der Waals surface area contributed by atoms with E-state index in [0.717, 1.165) is 57.3 Å². The van der Waals surface area contributed by atoms with Gasteiger partial charge in [-0.05, 0) is 32.3 Å². The van der Waals surface area contributed by atoms with Crippen molar-refractivity contribution in [1.82, 2.24) is 24.9 Å². The van der Waals surface area contributed by atoms with Gasteiger partial charge in [0.2, 0.25) is 0 Å². The molecule has 0 aliphatic heterocycles. The van der Waals surface area contributed by atoms with Gasteiger partial charge in [0.15, 0.2) is 5.01 Å². The van der Waals surface area contributed by atoms with Crippen molar-refractivity contribution in [2.24, 2.45) is 0 Å². The second kappa shape index (κ2) is 8.25. The van der Waals surface area contributed by atoms with Crippen molar-refractivity contribution in [3.8, 4) is 16.6 Å². The fraction of sp³-hybridized carbons (Fsp3) is 0.444. The third-order valence-corrected chi connectivity index (χ3v) is 6.48. The van der Waals surface area contributed by atoms with Gasteiger partial charge in [0, 0.05) is 42.0 Å². The summed E-state index contributed by atoms with van der Waals surface area (Å²) < 4.78 is 3.50. The fourth-order valence-electron chi connectivity index (χ4n) is 3.17. The molecule has 1 fully saturated rings. The lowest BCUT2D eigenvalue weighted by molar-refractivity contribution is 0.355. The average Bonchev–Trinajstić information content (AvgIpc) is 3.27. The molecule has 4 rings (SSSR count). The van der Waals surface area contributed by atoms with Gasteiger partial charge in [-0.15, -0.1) is 10.2 Å². The van der Waals surface area contributed by atoms with Crippen LogP contribution in [0.5, 0.6) is 0 Å². The summed E-state index contributed by atoms with van der Waals surface area (Å²) in [4.78, 5) is 7.71. The highest BCUT2D eigenvalue weighted by Crippen LogP contribution is 2.37. The van der Waals surface area contributed by atoms with Crippen LogP contribution in [0.2, 0.25) is 0 Å². The van der Waals surface area contributed by atoms with Crippen molar-refractivity contribution in [3.05, 3.63) is 23.5 Å². The lowest BCUT2D eigenvalue weighted by Crippen LogP contribution is -2.45. The predicted octanol–water partition coefficient (Wildman–Crippen LogP) is 3.87. The summed E-state index contributed by atoms with van der Waals surface area (Å²) in [7, 11) is 0. The highest BCUT2D eigenvalue weighted by molar-refractivity contribution is 7.97. The van der Waals surface area contributed by atoms with Gasteiger partial charge in [-0.1, -0.05) is 23.3 Å². The van der Waals surface area contributed by atoms with Gasteiger partial charge in [0.1, 0.15) is 10.7 Å². The van der Waals surface area contributed by atoms with E-state index in [0.29, 0.717) is 18.5 Å². The molecule has 0 unspecified atom stereocenters. The molecule has 0 spiro atoms. The summed E-state index contributed by atoms with van der Waals surface area (Å²) in [5, 5.41) is 23.7. The first kappa shape index (κ1) is 18.2. The van der Waals surface area contributed by atoms with Crippen LogP contribution in [0, 0.1) is 18.3 Å². The van der Waals surface area contributed by atoms with E-state index in [1.165, 1.54) is 0 Å². The molecule has 3 heterocycles. The molecular formula is C18H21N7S2. The Kier molecular flexibility index (Phi) is 5.57. The lowest BCUT2D eigenvalue weighted by Gasteiger charge is -2.37. The number of aryl methyl sites for hydroxylation is 1. The summed E-state index contributed by atoms with van der Waals surface area (Å²) >= 11 is 3.32. The third-order valence-electron chi connectivity index (χ3n) is 4.61. The molecule has 1 saturated carbocycles. The number of aromatic amines is 1. The van der Waals surface area contributed by atoms with Crippen LogP contribution < -0.4 is 10.0 Å². The van der Waals surface area contributed by atoms with Crippen molar-refractivity contribution in [2.45, 2.75) is 44.7 Å². The Labute approximate surface area is 166 Å². The number of nitriles is 1. The Balaban J connectivity index is 1.42. The van der Waals surface area contributed by atoms with E-state index in [2.05, 4.69) is 42.3 Å². The van der Waals surface area contributed by atoms with Crippen LogP contribution in [0.15, 0.2) is 18.5 Å². The number of pyridine rings is 1. The van der Waals surface area contributed by atoms with Crippen molar-refractivity contribution < 1.29 is 0 Å². The summed E-state index contributed by atoms with van der Waals surface area (Å²) in [6.07, 6.45) is 7.52. The van der Waals surface area contributed by atoms with E-state index in [9.17, 15) is 0 Å². The maximum atomic E-state index is 8.57. The van der Waals surface area contributed by atoms with E-state index in [1.807, 2.05) is 19.3 Å². The maximum absolute atomic E-state index is 8.57. The minimum atomic E-state index is 0.426. The van der Waals surface area contributed by atoms with Crippen LogP contribution in [0.4, 0.5) is 5.69 Å². The monoisotopic (exact) mass is 399 g/mol. The molecule has 0 amide bonds. The molecule has 0 bridgehead atoms. The van der Waals surface area contributed by atoms with Crippen molar-refractivity contribution >= 4 is 40.0 Å². The van der Waals surface area contributed by atoms with Crippen LogP contribution in [-0.2, 0) is 0 Å². The zero-order valence-electron chi connectivity index (χ0n) is 15.0. The number of nitrogens with one attached hydrogen (secondary N) is 3. The second-order valence-electron chi connectivity index (χ2n) is 6.65. The summed E-state index contributed by atoms with van der Waals surface area (Å²) in [6.45, 7) is 1.97. The Morgan fingerprint density at radius 1 is 1.37 bits per heavy atom. The van der Waals surface area contributed by atoms with Gasteiger partial charge in [-0.2, -0.15) is 5.26 Å². The van der Waals surface area contributed by atoms with Crippen molar-refractivity contribution in [1.29, 1.82) is 5.26 Å². The molecule has 9 heteroatoms. The first-order valence-electron chi connectivity index (χ1n) is 9.02. The number of anilines is 1. The molecule has 140 valence electrons. The Hall–Kier alpha value is -2.15. The summed E-state index contributed by atoms with van der Waals surface area (Å²) in [6, 6.07) is 5.19. The normalized spacial score (nSPS) is 19.0. The largest absolute Gasteiger partial charge is 0.381 e. The van der Waals surface area contributed by atoms with Crippen LogP contribution in [0.1, 0.15) is 30.7 Å². The minimum absolute atomic E-state index is 0.426. The van der Waals surface area contributed by atoms with E-state index in [1.54, 1.807) is 23.3 Å². The van der Waals surface area contributed by atoms with Crippen molar-refractivity contribution in [2.75, 3.05) is 11.1 Å². The summed E-state index contributed by atoms with van der Waals surface area (Å²) in [5.41, 5.74) is 2.97. The Bertz CT molecular complexity index is 952. The number of H-pyrrole nitrogens is 1. The van der Waals surface area contributed by atoms with Crippen LogP contribution in [0.3, 0.4) is 0 Å². The smallest absolute Gasteiger partial charge is 0.151 e. The topological polar surface area (TPSA) is 102 Å². The first-order valence-corrected chi connectivity index (χ1v) is 10.8. The third kappa shape index (κ3) is 4.08. The summed E-state index contributed by atoms with van der Waals surface area (Å²) in [5.74, 6) is 0.983. The van der Waals surface area contributed by atoms with E-state index >= 15 is 0 Å². The molecule has 3 aromatic heterocycles. The molecule has 0 atom stereocenters. The molecule has 1 aliphatic rings. The molecule has 7 nitrogen and oxygen atoms in total. The van der Waals surface area contributed by atoms with Crippen molar-refractivity contribution in [3.63, 3.8) is 0 Å². The molecule has 3 aromatic rings. The fourth-order valence-corrected chi connectivity index (χ4v) is 4.71. The van der Waals surface area contributed by atoms with E-state index < -0.39 is 0 Å². The van der Waals surface area contributed by atoms with Gasteiger partial charge >= 0.3 is 0 Å². The quantitative estimate of drug-likeness (QED) is 0.390. The number of hydrogen-bond donors (Lipinski definition) is 3. The minimum Gasteiger partial charge on any atom is -0.381 e. The van der Waals surface area contributed by atoms with E-state index in [-0.39, 0.29) is 0 Å². The molecule has 0 radical (unpaired) electrons. The molecule has 3 N–H and O–H groups in total. The van der Waals surface area contributed by atoms with Gasteiger partial charge in [-0.3, -0.25) is 4.72 Å². The SMILES string of the molecule is Cc1nnc(-c2cnc3[nH]ccc3c2N[C@H]2C[C@@H](NSCCCC#N)C2)s1. The zero-order chi connectivity index (χ0) is 18.6. The number of fused-ring (bicyclic) bond motifs is 1. The average molecular weight is 400 g/mol.